The minimum absolute atomic E-state index is 0.0155. The van der Waals surface area contributed by atoms with Gasteiger partial charge in [0.15, 0.2) is 6.10 Å². The van der Waals surface area contributed by atoms with Gasteiger partial charge in [-0.15, -0.1) is 0 Å². The van der Waals surface area contributed by atoms with Crippen molar-refractivity contribution in [2.45, 2.75) is 62.4 Å². The maximum atomic E-state index is 12.5. The van der Waals surface area contributed by atoms with Gasteiger partial charge in [-0.1, -0.05) is 12.1 Å². The molecule has 12 nitrogen and oxygen atoms in total. The van der Waals surface area contributed by atoms with Gasteiger partial charge in [-0.05, 0) is 43.5 Å². The molecule has 2 aliphatic heterocycles. The quantitative estimate of drug-likeness (QED) is 0.206. The Labute approximate surface area is 212 Å². The number of hydrogen-bond donors (Lipinski definition) is 6. The summed E-state index contributed by atoms with van der Waals surface area (Å²) in [4.78, 5) is 24.2. The number of carbonyl (C=O) groups excluding carboxylic acids is 1. The van der Waals surface area contributed by atoms with Crippen molar-refractivity contribution in [2.75, 3.05) is 6.61 Å². The van der Waals surface area contributed by atoms with E-state index in [0.29, 0.717) is 12.0 Å². The molecule has 1 aliphatic carbocycles. The van der Waals surface area contributed by atoms with Crippen molar-refractivity contribution in [3.05, 3.63) is 47.7 Å². The van der Waals surface area contributed by atoms with E-state index in [9.17, 15) is 40.2 Å². The predicted molar refractivity (Wildman–Crippen MR) is 123 cm³/mol. The zero-order valence-corrected chi connectivity index (χ0v) is 19.9. The molecule has 0 amide bonds. The van der Waals surface area contributed by atoms with E-state index in [4.69, 9.17) is 18.9 Å². The minimum atomic E-state index is -1.71. The average molecular weight is 523 g/mol. The number of ether oxygens (including phenoxy) is 4. The second-order valence-corrected chi connectivity index (χ2v) is 9.58. The number of carboxylic acid groups (broad SMARTS) is 1. The SMILES string of the molecule is C[C@@]1(O)CC[C@@H]2C(C(=O)O)=CO[C@@H](O[C@@H]3O[C@@H](CO)[C@@H](O)[C@@H](O)[C@H]3OC(=O)C=Cc3ccc(O)cc3)[C@@H]21. The summed E-state index contributed by atoms with van der Waals surface area (Å²) in [5.41, 5.74) is -0.792. The molecule has 1 aromatic rings. The lowest BCUT2D eigenvalue weighted by Crippen LogP contribution is -2.61. The van der Waals surface area contributed by atoms with Gasteiger partial charge >= 0.3 is 11.9 Å². The largest absolute Gasteiger partial charge is 0.508 e. The fourth-order valence-electron chi connectivity index (χ4n) is 5.04. The summed E-state index contributed by atoms with van der Waals surface area (Å²) in [6.45, 7) is 0.850. The molecule has 0 spiro atoms. The summed E-state index contributed by atoms with van der Waals surface area (Å²) in [6, 6.07) is 5.97. The fourth-order valence-corrected chi connectivity index (χ4v) is 5.04. The second kappa shape index (κ2) is 10.8. The van der Waals surface area contributed by atoms with E-state index in [0.717, 1.165) is 12.3 Å². The molecule has 0 radical (unpaired) electrons. The number of carboxylic acids is 1. The summed E-state index contributed by atoms with van der Waals surface area (Å²) in [5, 5.41) is 60.4. The van der Waals surface area contributed by atoms with Crippen LogP contribution in [-0.4, -0.2) is 91.8 Å². The molecule has 1 saturated carbocycles. The minimum Gasteiger partial charge on any atom is -0.508 e. The number of aliphatic carboxylic acids is 1. The number of phenols is 1. The Morgan fingerprint density at radius 3 is 2.51 bits per heavy atom. The topological polar surface area (TPSA) is 192 Å². The summed E-state index contributed by atoms with van der Waals surface area (Å²) in [5.74, 6) is -3.46. The number of rotatable bonds is 7. The number of aliphatic hydroxyl groups excluding tert-OH is 3. The number of aliphatic hydroxyl groups is 4. The Kier molecular flexibility index (Phi) is 7.88. The zero-order chi connectivity index (χ0) is 26.9. The van der Waals surface area contributed by atoms with Crippen LogP contribution in [0.3, 0.4) is 0 Å². The Morgan fingerprint density at radius 1 is 1.16 bits per heavy atom. The molecular weight excluding hydrogens is 492 g/mol. The zero-order valence-electron chi connectivity index (χ0n) is 19.9. The maximum Gasteiger partial charge on any atom is 0.334 e. The number of phenolic OH excluding ortho intramolecular Hbond substituents is 1. The lowest BCUT2D eigenvalue weighted by molar-refractivity contribution is -0.346. The lowest BCUT2D eigenvalue weighted by Gasteiger charge is -2.44. The van der Waals surface area contributed by atoms with Gasteiger partial charge in [0.2, 0.25) is 12.6 Å². The molecule has 1 aromatic carbocycles. The molecule has 0 aromatic heterocycles. The Morgan fingerprint density at radius 2 is 1.86 bits per heavy atom. The molecule has 9 atom stereocenters. The highest BCUT2D eigenvalue weighted by atomic mass is 16.8. The number of carbonyl (C=O) groups is 2. The van der Waals surface area contributed by atoms with Crippen LogP contribution in [0.4, 0.5) is 0 Å². The molecule has 3 aliphatic rings. The highest BCUT2D eigenvalue weighted by Gasteiger charge is 2.56. The second-order valence-electron chi connectivity index (χ2n) is 9.58. The van der Waals surface area contributed by atoms with Crippen molar-refractivity contribution in [1.82, 2.24) is 0 Å². The van der Waals surface area contributed by atoms with Crippen LogP contribution in [0, 0.1) is 11.8 Å². The standard InChI is InChI=1S/C25H30O12/c1-25(33)9-8-14-15(22(31)32)11-34-23(18(14)25)37-24-21(20(30)19(29)16(10-26)35-24)36-17(28)7-4-12-2-5-13(27)6-3-12/h2-7,11,14,16,18-21,23-24,26-27,29-30,33H,8-10H2,1H3,(H,31,32)/t14-,16+,18-,19-,20-,21-,23+,24+,25-/m1/s1. The highest BCUT2D eigenvalue weighted by Crippen LogP contribution is 2.49. The van der Waals surface area contributed by atoms with Crippen molar-refractivity contribution in [1.29, 1.82) is 0 Å². The molecule has 6 N–H and O–H groups in total. The molecule has 0 unspecified atom stereocenters. The highest BCUT2D eigenvalue weighted by molar-refractivity contribution is 5.87. The molecule has 2 fully saturated rings. The molecular formula is C25H30O12. The van der Waals surface area contributed by atoms with Gasteiger partial charge < -0.3 is 49.6 Å². The number of esters is 1. The molecule has 0 bridgehead atoms. The van der Waals surface area contributed by atoms with Gasteiger partial charge in [0.05, 0.1) is 30.0 Å². The number of aromatic hydroxyl groups is 1. The van der Waals surface area contributed by atoms with E-state index in [1.807, 2.05) is 0 Å². The summed E-state index contributed by atoms with van der Waals surface area (Å²) in [7, 11) is 0. The van der Waals surface area contributed by atoms with E-state index < -0.39 is 73.0 Å². The number of hydrogen-bond acceptors (Lipinski definition) is 11. The van der Waals surface area contributed by atoms with Crippen LogP contribution in [0.2, 0.25) is 0 Å². The molecule has 202 valence electrons. The maximum absolute atomic E-state index is 12.5. The van der Waals surface area contributed by atoms with Crippen molar-refractivity contribution in [3.8, 4) is 5.75 Å². The Hall–Kier alpha value is -3.00. The van der Waals surface area contributed by atoms with Crippen molar-refractivity contribution < 1.29 is 59.2 Å². The van der Waals surface area contributed by atoms with E-state index in [1.165, 1.54) is 25.1 Å². The van der Waals surface area contributed by atoms with E-state index >= 15 is 0 Å². The Bertz CT molecular complexity index is 1050. The van der Waals surface area contributed by atoms with Gasteiger partial charge in [-0.25, -0.2) is 9.59 Å². The van der Waals surface area contributed by atoms with E-state index in [1.54, 1.807) is 12.1 Å². The fraction of sp³-hybridized carbons (Fsp3) is 0.520. The van der Waals surface area contributed by atoms with Crippen LogP contribution in [0.15, 0.2) is 42.2 Å². The first-order chi connectivity index (χ1) is 17.5. The first-order valence-corrected chi connectivity index (χ1v) is 11.8. The monoisotopic (exact) mass is 522 g/mol. The summed E-state index contributed by atoms with van der Waals surface area (Å²) in [6.07, 6.45) is -4.80. The number of fused-ring (bicyclic) bond motifs is 1. The number of benzene rings is 1. The van der Waals surface area contributed by atoms with Crippen molar-refractivity contribution in [3.63, 3.8) is 0 Å². The van der Waals surface area contributed by atoms with Crippen molar-refractivity contribution >= 4 is 18.0 Å². The molecule has 1 saturated heterocycles. The van der Waals surface area contributed by atoms with E-state index in [-0.39, 0.29) is 17.7 Å². The first-order valence-electron chi connectivity index (χ1n) is 11.8. The van der Waals surface area contributed by atoms with Crippen LogP contribution >= 0.6 is 0 Å². The van der Waals surface area contributed by atoms with Crippen molar-refractivity contribution in [2.24, 2.45) is 11.8 Å². The van der Waals surface area contributed by atoms with Crippen LogP contribution in [0.5, 0.6) is 5.75 Å². The third-order valence-corrected chi connectivity index (χ3v) is 7.03. The van der Waals surface area contributed by atoms with Crippen LogP contribution < -0.4 is 0 Å². The smallest absolute Gasteiger partial charge is 0.334 e. The van der Waals surface area contributed by atoms with E-state index in [2.05, 4.69) is 0 Å². The third kappa shape index (κ3) is 5.64. The van der Waals surface area contributed by atoms with Crippen LogP contribution in [0.25, 0.3) is 6.08 Å². The summed E-state index contributed by atoms with van der Waals surface area (Å²) < 4.78 is 22.3. The molecule has 4 rings (SSSR count). The summed E-state index contributed by atoms with van der Waals surface area (Å²) >= 11 is 0. The molecule has 2 heterocycles. The Balaban J connectivity index is 1.55. The average Bonchev–Trinajstić information content (AvgIpc) is 3.18. The molecule has 12 heteroatoms. The van der Waals surface area contributed by atoms with Gasteiger partial charge in [0.25, 0.3) is 0 Å². The first kappa shape index (κ1) is 27.0. The third-order valence-electron chi connectivity index (χ3n) is 7.03. The lowest BCUT2D eigenvalue weighted by atomic mass is 9.81. The van der Waals surface area contributed by atoms with Crippen LogP contribution in [-0.2, 0) is 28.5 Å². The molecule has 37 heavy (non-hydrogen) atoms. The predicted octanol–water partition coefficient (Wildman–Crippen LogP) is -0.125. The van der Waals surface area contributed by atoms with Gasteiger partial charge in [0, 0.05) is 12.0 Å². The van der Waals surface area contributed by atoms with Gasteiger partial charge in [0.1, 0.15) is 24.1 Å². The van der Waals surface area contributed by atoms with Crippen LogP contribution in [0.1, 0.15) is 25.3 Å². The normalized spacial score (nSPS) is 37.5. The van der Waals surface area contributed by atoms with Gasteiger partial charge in [-0.3, -0.25) is 0 Å². The van der Waals surface area contributed by atoms with Gasteiger partial charge in [-0.2, -0.15) is 0 Å².